The monoisotopic (exact) mass is 341 g/mol. The molecule has 0 aliphatic carbocycles. The van der Waals surface area contributed by atoms with Crippen LogP contribution < -0.4 is 0 Å². The van der Waals surface area contributed by atoms with E-state index in [-0.39, 0.29) is 11.9 Å². The van der Waals surface area contributed by atoms with E-state index in [0.29, 0.717) is 12.4 Å². The van der Waals surface area contributed by atoms with Crippen LogP contribution in [0.5, 0.6) is 0 Å². The molecule has 0 unspecified atom stereocenters. The summed E-state index contributed by atoms with van der Waals surface area (Å²) in [6.45, 7) is 7.04. The van der Waals surface area contributed by atoms with Crippen LogP contribution in [0.3, 0.4) is 0 Å². The number of oxazole rings is 1. The van der Waals surface area contributed by atoms with Crippen molar-refractivity contribution in [2.75, 3.05) is 19.6 Å². The van der Waals surface area contributed by atoms with Crippen LogP contribution in [0.1, 0.15) is 37.0 Å². The van der Waals surface area contributed by atoms with Crippen molar-refractivity contribution >= 4 is 5.91 Å². The minimum absolute atomic E-state index is 0.0898. The second kappa shape index (κ2) is 8.30. The maximum absolute atomic E-state index is 12.1. The fourth-order valence-electron chi connectivity index (χ4n) is 3.54. The Balaban J connectivity index is 1.48. The van der Waals surface area contributed by atoms with Gasteiger partial charge in [-0.3, -0.25) is 4.79 Å². The highest BCUT2D eigenvalue weighted by atomic mass is 16.4. The molecular formula is C20H27N3O2. The van der Waals surface area contributed by atoms with E-state index in [1.54, 1.807) is 13.1 Å². The summed E-state index contributed by atoms with van der Waals surface area (Å²) in [5, 5.41) is 0. The summed E-state index contributed by atoms with van der Waals surface area (Å²) >= 11 is 0. The smallest absolute Gasteiger partial charge is 0.220 e. The molecule has 1 saturated heterocycles. The summed E-state index contributed by atoms with van der Waals surface area (Å²) in [6.07, 6.45) is 4.98. The molecule has 2 heterocycles. The third-order valence-electron chi connectivity index (χ3n) is 4.85. The number of rotatable bonds is 7. The largest absolute Gasteiger partial charge is 0.444 e. The van der Waals surface area contributed by atoms with Gasteiger partial charge in [-0.2, -0.15) is 0 Å². The summed E-state index contributed by atoms with van der Waals surface area (Å²) in [4.78, 5) is 20.7. The molecule has 5 heteroatoms. The summed E-state index contributed by atoms with van der Waals surface area (Å²) in [6, 6.07) is 10.9. The van der Waals surface area contributed by atoms with Crippen molar-refractivity contribution in [2.45, 2.75) is 45.7 Å². The zero-order valence-electron chi connectivity index (χ0n) is 15.1. The number of carbonyl (C=O) groups is 1. The molecule has 1 aromatic heterocycles. The van der Waals surface area contributed by atoms with Gasteiger partial charge in [-0.05, 0) is 38.3 Å². The summed E-state index contributed by atoms with van der Waals surface area (Å²) < 4.78 is 5.55. The van der Waals surface area contributed by atoms with E-state index in [0.717, 1.165) is 44.7 Å². The van der Waals surface area contributed by atoms with Crippen LogP contribution in [0.4, 0.5) is 0 Å². The van der Waals surface area contributed by atoms with Gasteiger partial charge in [0, 0.05) is 26.1 Å². The lowest BCUT2D eigenvalue weighted by molar-refractivity contribution is -0.132. The summed E-state index contributed by atoms with van der Waals surface area (Å²) in [7, 11) is 0. The number of nitrogens with zero attached hydrogens (tertiary/aromatic N) is 3. The number of aromatic nitrogens is 1. The molecular weight excluding hydrogens is 314 g/mol. The molecule has 1 amide bonds. The Labute approximate surface area is 149 Å². The maximum Gasteiger partial charge on any atom is 0.220 e. The second-order valence-electron chi connectivity index (χ2n) is 6.84. The first kappa shape index (κ1) is 17.7. The van der Waals surface area contributed by atoms with Crippen LogP contribution >= 0.6 is 0 Å². The Morgan fingerprint density at radius 2 is 2.16 bits per heavy atom. The lowest BCUT2D eigenvalue weighted by Crippen LogP contribution is -2.40. The van der Waals surface area contributed by atoms with Crippen molar-refractivity contribution in [3.8, 4) is 0 Å². The van der Waals surface area contributed by atoms with E-state index in [2.05, 4.69) is 40.2 Å². The predicted octanol–water partition coefficient (Wildman–Crippen LogP) is 3.04. The Morgan fingerprint density at radius 1 is 1.36 bits per heavy atom. The fraction of sp³-hybridized carbons (Fsp3) is 0.500. The van der Waals surface area contributed by atoms with E-state index >= 15 is 0 Å². The van der Waals surface area contributed by atoms with E-state index in [1.807, 2.05) is 11.8 Å². The zero-order chi connectivity index (χ0) is 17.6. The summed E-state index contributed by atoms with van der Waals surface area (Å²) in [5.74, 6) is 1.50. The molecule has 1 atom stereocenters. The van der Waals surface area contributed by atoms with Gasteiger partial charge in [0.25, 0.3) is 0 Å². The molecule has 1 aliphatic rings. The number of hydrogen-bond acceptors (Lipinski definition) is 4. The fourth-order valence-corrected chi connectivity index (χ4v) is 3.54. The second-order valence-corrected chi connectivity index (χ2v) is 6.84. The molecule has 0 radical (unpaired) electrons. The van der Waals surface area contributed by atoms with Crippen LogP contribution in [0.15, 0.2) is 40.9 Å². The number of aryl methyl sites for hydroxylation is 2. The highest BCUT2D eigenvalue weighted by molar-refractivity contribution is 5.73. The first-order valence-corrected chi connectivity index (χ1v) is 9.06. The number of carbonyl (C=O) groups excluding carboxylic acids is 1. The number of likely N-dealkylation sites (tertiary alicyclic amines) is 1. The van der Waals surface area contributed by atoms with Crippen LogP contribution in [0.25, 0.3) is 0 Å². The van der Waals surface area contributed by atoms with Crippen molar-refractivity contribution < 1.29 is 9.21 Å². The van der Waals surface area contributed by atoms with Crippen LogP contribution in [-0.4, -0.2) is 46.4 Å². The zero-order valence-corrected chi connectivity index (χ0v) is 15.1. The minimum atomic E-state index is 0.0898. The molecule has 134 valence electrons. The van der Waals surface area contributed by atoms with Crippen LogP contribution in [-0.2, 0) is 17.8 Å². The topological polar surface area (TPSA) is 49.6 Å². The van der Waals surface area contributed by atoms with E-state index in [1.165, 1.54) is 5.56 Å². The lowest BCUT2D eigenvalue weighted by Gasteiger charge is -2.27. The average Bonchev–Trinajstić information content (AvgIpc) is 3.22. The van der Waals surface area contributed by atoms with Crippen LogP contribution in [0, 0.1) is 6.92 Å². The first-order valence-electron chi connectivity index (χ1n) is 9.06. The molecule has 0 spiro atoms. The van der Waals surface area contributed by atoms with Gasteiger partial charge in [0.1, 0.15) is 5.76 Å². The van der Waals surface area contributed by atoms with Gasteiger partial charge in [0.2, 0.25) is 11.8 Å². The molecule has 0 N–H and O–H groups in total. The molecule has 3 rings (SSSR count). The van der Waals surface area contributed by atoms with Crippen molar-refractivity contribution in [1.82, 2.24) is 14.8 Å². The molecule has 1 fully saturated rings. The van der Waals surface area contributed by atoms with Gasteiger partial charge in [0.05, 0.1) is 12.7 Å². The Morgan fingerprint density at radius 3 is 2.84 bits per heavy atom. The van der Waals surface area contributed by atoms with Gasteiger partial charge in [-0.15, -0.1) is 0 Å². The summed E-state index contributed by atoms with van der Waals surface area (Å²) in [5.41, 5.74) is 1.39. The molecule has 25 heavy (non-hydrogen) atoms. The highest BCUT2D eigenvalue weighted by Crippen LogP contribution is 2.19. The van der Waals surface area contributed by atoms with E-state index in [4.69, 9.17) is 4.42 Å². The molecule has 1 aliphatic heterocycles. The van der Waals surface area contributed by atoms with Gasteiger partial charge < -0.3 is 14.2 Å². The van der Waals surface area contributed by atoms with Crippen molar-refractivity contribution in [3.63, 3.8) is 0 Å². The SMILES string of the molecule is CC(=O)N(Cc1ncc(C)o1)[C@H]1CCN(CCCc2ccccc2)C1. The number of benzene rings is 1. The normalized spacial score (nSPS) is 17.8. The number of amides is 1. The highest BCUT2D eigenvalue weighted by Gasteiger charge is 2.29. The molecule has 1 aromatic carbocycles. The predicted molar refractivity (Wildman–Crippen MR) is 97.1 cm³/mol. The molecule has 2 aromatic rings. The van der Waals surface area contributed by atoms with Gasteiger partial charge in [-0.25, -0.2) is 4.98 Å². The van der Waals surface area contributed by atoms with Gasteiger partial charge in [0.15, 0.2) is 0 Å². The lowest BCUT2D eigenvalue weighted by atomic mass is 10.1. The number of hydrogen-bond donors (Lipinski definition) is 0. The van der Waals surface area contributed by atoms with Crippen molar-refractivity contribution in [1.29, 1.82) is 0 Å². The third kappa shape index (κ3) is 4.92. The van der Waals surface area contributed by atoms with Crippen molar-refractivity contribution in [2.24, 2.45) is 0 Å². The van der Waals surface area contributed by atoms with Crippen molar-refractivity contribution in [3.05, 3.63) is 53.7 Å². The standard InChI is InChI=1S/C20H27N3O2/c1-16-13-21-20(25-16)15-23(17(2)24)19-10-12-22(14-19)11-6-9-18-7-4-3-5-8-18/h3-5,7-8,13,19H,6,9-12,14-15H2,1-2H3/t19-/m0/s1. The molecule has 5 nitrogen and oxygen atoms in total. The maximum atomic E-state index is 12.1. The molecule has 0 bridgehead atoms. The first-order chi connectivity index (χ1) is 12.1. The average molecular weight is 341 g/mol. The Bertz CT molecular complexity index is 683. The van der Waals surface area contributed by atoms with Gasteiger partial charge in [-0.1, -0.05) is 30.3 Å². The van der Waals surface area contributed by atoms with Crippen LogP contribution in [0.2, 0.25) is 0 Å². The van der Waals surface area contributed by atoms with E-state index in [9.17, 15) is 4.79 Å². The Kier molecular flexibility index (Phi) is 5.87. The molecule has 0 saturated carbocycles. The Hall–Kier alpha value is -2.14. The van der Waals surface area contributed by atoms with Gasteiger partial charge >= 0.3 is 0 Å². The minimum Gasteiger partial charge on any atom is -0.444 e. The quantitative estimate of drug-likeness (QED) is 0.777. The van der Waals surface area contributed by atoms with E-state index < -0.39 is 0 Å². The third-order valence-corrected chi connectivity index (χ3v) is 4.85.